The quantitative estimate of drug-likeness (QED) is 0.652. The third kappa shape index (κ3) is 4.62. The second kappa shape index (κ2) is 8.84. The summed E-state index contributed by atoms with van der Waals surface area (Å²) in [5.41, 5.74) is 6.80. The lowest BCUT2D eigenvalue weighted by Gasteiger charge is -2.35. The van der Waals surface area contributed by atoms with Crippen LogP contribution >= 0.6 is 0 Å². The van der Waals surface area contributed by atoms with Gasteiger partial charge in [-0.05, 0) is 55.7 Å². The van der Waals surface area contributed by atoms with Gasteiger partial charge in [0, 0.05) is 44.0 Å². The van der Waals surface area contributed by atoms with E-state index in [-0.39, 0.29) is 5.91 Å². The molecule has 1 saturated heterocycles. The largest absolute Gasteiger partial charge is 0.336 e. The first kappa shape index (κ1) is 20.4. The van der Waals surface area contributed by atoms with E-state index in [1.807, 2.05) is 40.8 Å². The molecule has 0 bridgehead atoms. The summed E-state index contributed by atoms with van der Waals surface area (Å²) in [4.78, 5) is 17.3. The van der Waals surface area contributed by atoms with Crippen LogP contribution in [-0.2, 0) is 13.1 Å². The van der Waals surface area contributed by atoms with Crippen LogP contribution in [0.5, 0.6) is 0 Å². The Balaban J connectivity index is 1.33. The summed E-state index contributed by atoms with van der Waals surface area (Å²) in [5, 5.41) is 4.52. The lowest BCUT2D eigenvalue weighted by molar-refractivity contribution is 0.0628. The minimum atomic E-state index is 0.128. The van der Waals surface area contributed by atoms with Gasteiger partial charge in [-0.1, -0.05) is 36.4 Å². The van der Waals surface area contributed by atoms with E-state index in [2.05, 4.69) is 54.2 Å². The van der Waals surface area contributed by atoms with Crippen molar-refractivity contribution in [3.8, 4) is 0 Å². The van der Waals surface area contributed by atoms with Crippen LogP contribution in [0.3, 0.4) is 0 Å². The first-order valence-electron chi connectivity index (χ1n) is 10.7. The highest BCUT2D eigenvalue weighted by Gasteiger charge is 2.22. The number of carbonyl (C=O) groups is 1. The van der Waals surface area contributed by atoms with E-state index in [0.29, 0.717) is 0 Å². The molecule has 3 aromatic rings. The molecule has 1 aliphatic heterocycles. The third-order valence-corrected chi connectivity index (χ3v) is 5.95. The van der Waals surface area contributed by atoms with Crippen LogP contribution in [0.1, 0.15) is 38.4 Å². The van der Waals surface area contributed by atoms with Gasteiger partial charge in [-0.2, -0.15) is 5.10 Å². The van der Waals surface area contributed by atoms with Gasteiger partial charge in [0.15, 0.2) is 0 Å². The molecule has 0 unspecified atom stereocenters. The highest BCUT2D eigenvalue weighted by atomic mass is 16.2. The van der Waals surface area contributed by atoms with Crippen molar-refractivity contribution in [2.75, 3.05) is 26.2 Å². The molecule has 0 radical (unpaired) electrons. The van der Waals surface area contributed by atoms with Gasteiger partial charge in [-0.3, -0.25) is 14.4 Å². The zero-order valence-corrected chi connectivity index (χ0v) is 18.1. The van der Waals surface area contributed by atoms with Crippen molar-refractivity contribution in [1.29, 1.82) is 0 Å². The minimum Gasteiger partial charge on any atom is -0.336 e. The number of carbonyl (C=O) groups excluding carboxylic acids is 1. The van der Waals surface area contributed by atoms with Gasteiger partial charge in [-0.25, -0.2) is 0 Å². The molecule has 5 nitrogen and oxygen atoms in total. The SMILES string of the molecule is Cc1cc(C)n(Cc2ccc(C(=O)N3CCN(Cc4ccccc4C)CC3)cc2)n1. The number of rotatable bonds is 5. The molecular formula is C25H30N4O. The summed E-state index contributed by atoms with van der Waals surface area (Å²) in [5.74, 6) is 0.128. The molecule has 0 atom stereocenters. The second-order valence-corrected chi connectivity index (χ2v) is 8.28. The van der Waals surface area contributed by atoms with Crippen molar-refractivity contribution < 1.29 is 4.79 Å². The number of benzene rings is 2. The molecule has 2 heterocycles. The summed E-state index contributed by atoms with van der Waals surface area (Å²) >= 11 is 0. The van der Waals surface area contributed by atoms with Crippen LogP contribution in [0, 0.1) is 20.8 Å². The van der Waals surface area contributed by atoms with E-state index < -0.39 is 0 Å². The highest BCUT2D eigenvalue weighted by Crippen LogP contribution is 2.15. The number of aromatic nitrogens is 2. The summed E-state index contributed by atoms with van der Waals surface area (Å²) < 4.78 is 2.00. The zero-order valence-electron chi connectivity index (χ0n) is 18.1. The predicted octanol–water partition coefficient (Wildman–Crippen LogP) is 3.81. The Morgan fingerprint density at radius 2 is 1.60 bits per heavy atom. The van der Waals surface area contributed by atoms with Gasteiger partial charge in [0.05, 0.1) is 12.2 Å². The van der Waals surface area contributed by atoms with Gasteiger partial charge >= 0.3 is 0 Å². The first-order chi connectivity index (χ1) is 14.5. The Labute approximate surface area is 178 Å². The maximum absolute atomic E-state index is 12.9. The monoisotopic (exact) mass is 402 g/mol. The molecule has 1 fully saturated rings. The summed E-state index contributed by atoms with van der Waals surface area (Å²) in [6.45, 7) is 11.3. The summed E-state index contributed by atoms with van der Waals surface area (Å²) in [6, 6.07) is 18.6. The Hall–Kier alpha value is -2.92. The lowest BCUT2D eigenvalue weighted by atomic mass is 10.1. The van der Waals surface area contributed by atoms with Crippen LogP contribution in [0.15, 0.2) is 54.6 Å². The zero-order chi connectivity index (χ0) is 21.1. The Morgan fingerprint density at radius 3 is 2.23 bits per heavy atom. The fourth-order valence-electron chi connectivity index (χ4n) is 4.08. The normalized spacial score (nSPS) is 14.8. The average Bonchev–Trinajstić information content (AvgIpc) is 3.07. The van der Waals surface area contributed by atoms with Crippen molar-refractivity contribution in [3.63, 3.8) is 0 Å². The Bertz CT molecular complexity index is 1010. The number of hydrogen-bond acceptors (Lipinski definition) is 3. The number of aryl methyl sites for hydroxylation is 3. The Kier molecular flexibility index (Phi) is 6.00. The van der Waals surface area contributed by atoms with Crippen molar-refractivity contribution >= 4 is 5.91 Å². The molecule has 30 heavy (non-hydrogen) atoms. The predicted molar refractivity (Wildman–Crippen MR) is 120 cm³/mol. The highest BCUT2D eigenvalue weighted by molar-refractivity contribution is 5.94. The number of amides is 1. The van der Waals surface area contributed by atoms with Gasteiger partial charge in [-0.15, -0.1) is 0 Å². The second-order valence-electron chi connectivity index (χ2n) is 8.28. The fourth-order valence-corrected chi connectivity index (χ4v) is 4.08. The van der Waals surface area contributed by atoms with Crippen LogP contribution < -0.4 is 0 Å². The summed E-state index contributed by atoms with van der Waals surface area (Å²) in [7, 11) is 0. The molecule has 5 heteroatoms. The van der Waals surface area contributed by atoms with Crippen molar-refractivity contribution in [1.82, 2.24) is 19.6 Å². The number of piperazine rings is 1. The Morgan fingerprint density at radius 1 is 0.900 bits per heavy atom. The van der Waals surface area contributed by atoms with Gasteiger partial charge in [0.1, 0.15) is 0 Å². The molecular weight excluding hydrogens is 372 g/mol. The fraction of sp³-hybridized carbons (Fsp3) is 0.360. The molecule has 0 N–H and O–H groups in total. The molecule has 0 spiro atoms. The van der Waals surface area contributed by atoms with Crippen molar-refractivity contribution in [2.24, 2.45) is 0 Å². The number of hydrogen-bond donors (Lipinski definition) is 0. The first-order valence-corrected chi connectivity index (χ1v) is 10.7. The molecule has 0 saturated carbocycles. The van der Waals surface area contributed by atoms with E-state index in [9.17, 15) is 4.79 Å². The standard InChI is InChI=1S/C25H30N4O/c1-19-6-4-5-7-24(19)18-27-12-14-28(15-13-27)25(30)23-10-8-22(9-11-23)17-29-21(3)16-20(2)26-29/h4-11,16H,12-15,17-18H2,1-3H3. The van der Waals surface area contributed by atoms with E-state index in [1.165, 1.54) is 11.1 Å². The molecule has 1 aromatic heterocycles. The van der Waals surface area contributed by atoms with E-state index >= 15 is 0 Å². The van der Waals surface area contributed by atoms with Crippen LogP contribution in [-0.4, -0.2) is 51.7 Å². The van der Waals surface area contributed by atoms with Gasteiger partial charge in [0.25, 0.3) is 5.91 Å². The molecule has 1 aliphatic rings. The van der Waals surface area contributed by atoms with Crippen LogP contribution in [0.25, 0.3) is 0 Å². The van der Waals surface area contributed by atoms with E-state index in [4.69, 9.17) is 0 Å². The van der Waals surface area contributed by atoms with Crippen LogP contribution in [0.2, 0.25) is 0 Å². The van der Waals surface area contributed by atoms with Gasteiger partial charge in [0.2, 0.25) is 0 Å². The molecule has 1 amide bonds. The maximum atomic E-state index is 12.9. The molecule has 0 aliphatic carbocycles. The number of nitrogens with zero attached hydrogens (tertiary/aromatic N) is 4. The van der Waals surface area contributed by atoms with Crippen LogP contribution in [0.4, 0.5) is 0 Å². The summed E-state index contributed by atoms with van der Waals surface area (Å²) in [6.07, 6.45) is 0. The van der Waals surface area contributed by atoms with Gasteiger partial charge < -0.3 is 4.90 Å². The molecule has 156 valence electrons. The van der Waals surface area contributed by atoms with E-state index in [1.54, 1.807) is 0 Å². The topological polar surface area (TPSA) is 41.4 Å². The molecule has 2 aromatic carbocycles. The van der Waals surface area contributed by atoms with Crippen molar-refractivity contribution in [2.45, 2.75) is 33.9 Å². The van der Waals surface area contributed by atoms with E-state index in [0.717, 1.165) is 61.8 Å². The van der Waals surface area contributed by atoms with Crippen molar-refractivity contribution in [3.05, 3.63) is 88.2 Å². The maximum Gasteiger partial charge on any atom is 0.253 e. The smallest absolute Gasteiger partial charge is 0.253 e. The minimum absolute atomic E-state index is 0.128. The molecule has 4 rings (SSSR count). The average molecular weight is 403 g/mol. The third-order valence-electron chi connectivity index (χ3n) is 5.95. The lowest BCUT2D eigenvalue weighted by Crippen LogP contribution is -2.48.